The summed E-state index contributed by atoms with van der Waals surface area (Å²) in [6.45, 7) is 5.88. The predicted octanol–water partition coefficient (Wildman–Crippen LogP) is 2.91. The molecule has 3 aromatic rings. The molecule has 1 aromatic carbocycles. The number of aromatic amines is 1. The maximum Gasteiger partial charge on any atom is 0.0734 e. The highest BCUT2D eigenvalue weighted by Crippen LogP contribution is 2.16. The molecule has 108 valence electrons. The van der Waals surface area contributed by atoms with Gasteiger partial charge in [0, 0.05) is 29.4 Å². The van der Waals surface area contributed by atoms with Gasteiger partial charge in [-0.15, -0.1) is 0 Å². The molecule has 0 saturated carbocycles. The molecule has 2 N–H and O–H groups in total. The average molecular weight is 280 g/mol. The summed E-state index contributed by atoms with van der Waals surface area (Å²) in [4.78, 5) is 4.50. The Morgan fingerprint density at radius 1 is 1.14 bits per heavy atom. The number of nitrogens with zero attached hydrogens (tertiary/aromatic N) is 2. The van der Waals surface area contributed by atoms with Gasteiger partial charge in [-0.25, -0.2) is 0 Å². The number of aryl methyl sites for hydroxylation is 2. The minimum Gasteiger partial charge on any atom is -0.312 e. The molecule has 21 heavy (non-hydrogen) atoms. The van der Waals surface area contributed by atoms with Gasteiger partial charge in [0.1, 0.15) is 0 Å². The zero-order valence-electron chi connectivity index (χ0n) is 12.5. The molecule has 0 aliphatic heterocycles. The highest BCUT2D eigenvalue weighted by molar-refractivity contribution is 5.81. The number of H-pyrrole nitrogens is 1. The molecule has 2 heterocycles. The summed E-state index contributed by atoms with van der Waals surface area (Å²) in [5.74, 6) is 0. The standard InChI is InChI=1S/C17H20N4/c1-12-16(13(2)21-20-12)11-18-10-8-15-6-3-5-14-7-4-9-19-17(14)15/h3-7,9,18H,8,10-11H2,1-2H3,(H,20,21). The van der Waals surface area contributed by atoms with Crippen LogP contribution in [0.5, 0.6) is 0 Å². The smallest absolute Gasteiger partial charge is 0.0734 e. The van der Waals surface area contributed by atoms with Crippen LogP contribution in [0.15, 0.2) is 36.5 Å². The lowest BCUT2D eigenvalue weighted by Crippen LogP contribution is -2.17. The Bertz CT molecular complexity index is 721. The lowest BCUT2D eigenvalue weighted by atomic mass is 10.1. The van der Waals surface area contributed by atoms with Crippen LogP contribution in [0, 0.1) is 13.8 Å². The van der Waals surface area contributed by atoms with Crippen molar-refractivity contribution in [3.63, 3.8) is 0 Å². The third kappa shape index (κ3) is 2.95. The van der Waals surface area contributed by atoms with Crippen molar-refractivity contribution in [2.45, 2.75) is 26.8 Å². The van der Waals surface area contributed by atoms with Crippen LogP contribution < -0.4 is 5.32 Å². The van der Waals surface area contributed by atoms with Crippen molar-refractivity contribution >= 4 is 10.9 Å². The fraction of sp³-hybridized carbons (Fsp3) is 0.294. The number of benzene rings is 1. The van der Waals surface area contributed by atoms with E-state index < -0.39 is 0 Å². The highest BCUT2D eigenvalue weighted by atomic mass is 15.1. The van der Waals surface area contributed by atoms with Gasteiger partial charge in [-0.3, -0.25) is 10.1 Å². The van der Waals surface area contributed by atoms with E-state index in [-0.39, 0.29) is 0 Å². The first kappa shape index (κ1) is 13.8. The summed E-state index contributed by atoms with van der Waals surface area (Å²) < 4.78 is 0. The molecule has 0 fully saturated rings. The second-order valence-corrected chi connectivity index (χ2v) is 5.33. The van der Waals surface area contributed by atoms with Crippen molar-refractivity contribution in [2.75, 3.05) is 6.54 Å². The summed E-state index contributed by atoms with van der Waals surface area (Å²) >= 11 is 0. The Hall–Kier alpha value is -2.20. The van der Waals surface area contributed by atoms with E-state index in [1.165, 1.54) is 16.5 Å². The third-order valence-corrected chi connectivity index (χ3v) is 3.87. The van der Waals surface area contributed by atoms with Crippen LogP contribution in [0.25, 0.3) is 10.9 Å². The lowest BCUT2D eigenvalue weighted by Gasteiger charge is -2.07. The van der Waals surface area contributed by atoms with E-state index in [0.717, 1.165) is 36.4 Å². The molecule has 0 radical (unpaired) electrons. The van der Waals surface area contributed by atoms with Crippen molar-refractivity contribution in [1.82, 2.24) is 20.5 Å². The van der Waals surface area contributed by atoms with E-state index >= 15 is 0 Å². The zero-order valence-corrected chi connectivity index (χ0v) is 12.5. The van der Waals surface area contributed by atoms with E-state index in [2.05, 4.69) is 51.7 Å². The summed E-state index contributed by atoms with van der Waals surface area (Å²) in [5, 5.41) is 11.9. The van der Waals surface area contributed by atoms with Gasteiger partial charge in [0.2, 0.25) is 0 Å². The van der Waals surface area contributed by atoms with E-state index in [4.69, 9.17) is 0 Å². The van der Waals surface area contributed by atoms with Crippen molar-refractivity contribution in [2.24, 2.45) is 0 Å². The normalized spacial score (nSPS) is 11.1. The van der Waals surface area contributed by atoms with E-state index in [0.29, 0.717) is 0 Å². The molecule has 4 nitrogen and oxygen atoms in total. The number of hydrogen-bond acceptors (Lipinski definition) is 3. The Morgan fingerprint density at radius 2 is 2.00 bits per heavy atom. The van der Waals surface area contributed by atoms with Crippen molar-refractivity contribution in [3.8, 4) is 0 Å². The van der Waals surface area contributed by atoms with Gasteiger partial charge in [0.15, 0.2) is 0 Å². The molecule has 0 atom stereocenters. The molecule has 0 bridgehead atoms. The Morgan fingerprint density at radius 3 is 2.81 bits per heavy atom. The zero-order chi connectivity index (χ0) is 14.7. The maximum absolute atomic E-state index is 4.50. The Kier molecular flexibility index (Phi) is 3.97. The van der Waals surface area contributed by atoms with E-state index in [1.54, 1.807) is 0 Å². The number of fused-ring (bicyclic) bond motifs is 1. The SMILES string of the molecule is Cc1n[nH]c(C)c1CNCCc1cccc2cccnc12. The molecular weight excluding hydrogens is 260 g/mol. The van der Waals surface area contributed by atoms with Gasteiger partial charge in [-0.2, -0.15) is 5.10 Å². The molecule has 0 amide bonds. The Labute approximate surface area is 124 Å². The van der Waals surface area contributed by atoms with Crippen LogP contribution in [0.1, 0.15) is 22.5 Å². The average Bonchev–Trinajstić information content (AvgIpc) is 2.83. The summed E-state index contributed by atoms with van der Waals surface area (Å²) in [7, 11) is 0. The first-order valence-corrected chi connectivity index (χ1v) is 7.29. The number of aromatic nitrogens is 3. The van der Waals surface area contributed by atoms with E-state index in [9.17, 15) is 0 Å². The molecule has 3 rings (SSSR count). The molecule has 0 aliphatic carbocycles. The van der Waals surface area contributed by atoms with Gasteiger partial charge in [0.25, 0.3) is 0 Å². The molecule has 0 saturated heterocycles. The van der Waals surface area contributed by atoms with Gasteiger partial charge < -0.3 is 5.32 Å². The number of para-hydroxylation sites is 1. The predicted molar refractivity (Wildman–Crippen MR) is 85.2 cm³/mol. The van der Waals surface area contributed by atoms with Gasteiger partial charge in [-0.1, -0.05) is 24.3 Å². The monoisotopic (exact) mass is 280 g/mol. The maximum atomic E-state index is 4.50. The molecule has 2 aromatic heterocycles. The first-order valence-electron chi connectivity index (χ1n) is 7.29. The molecular formula is C17H20N4. The first-order chi connectivity index (χ1) is 10.3. The number of nitrogens with one attached hydrogen (secondary N) is 2. The van der Waals surface area contributed by atoms with Crippen molar-refractivity contribution < 1.29 is 0 Å². The minimum absolute atomic E-state index is 0.854. The van der Waals surface area contributed by atoms with Gasteiger partial charge in [-0.05, 0) is 38.4 Å². The largest absolute Gasteiger partial charge is 0.312 e. The topological polar surface area (TPSA) is 53.6 Å². The summed E-state index contributed by atoms with van der Waals surface area (Å²) in [5.41, 5.74) is 5.89. The molecule has 0 spiro atoms. The fourth-order valence-corrected chi connectivity index (χ4v) is 2.64. The van der Waals surface area contributed by atoms with Crippen LogP contribution >= 0.6 is 0 Å². The van der Waals surface area contributed by atoms with Crippen molar-refractivity contribution in [3.05, 3.63) is 59.0 Å². The van der Waals surface area contributed by atoms with Crippen molar-refractivity contribution in [1.29, 1.82) is 0 Å². The third-order valence-electron chi connectivity index (χ3n) is 3.87. The fourth-order valence-electron chi connectivity index (χ4n) is 2.64. The number of rotatable bonds is 5. The molecule has 0 aliphatic rings. The Balaban J connectivity index is 1.62. The van der Waals surface area contributed by atoms with E-state index in [1.807, 2.05) is 19.2 Å². The van der Waals surface area contributed by atoms with Gasteiger partial charge in [0.05, 0.1) is 11.2 Å². The number of pyridine rings is 1. The van der Waals surface area contributed by atoms with Crippen LogP contribution in [0.3, 0.4) is 0 Å². The minimum atomic E-state index is 0.854. The van der Waals surface area contributed by atoms with Crippen LogP contribution in [0.2, 0.25) is 0 Å². The number of hydrogen-bond donors (Lipinski definition) is 2. The molecule has 0 unspecified atom stereocenters. The quantitative estimate of drug-likeness (QED) is 0.707. The van der Waals surface area contributed by atoms with Crippen LogP contribution in [-0.4, -0.2) is 21.7 Å². The second-order valence-electron chi connectivity index (χ2n) is 5.33. The lowest BCUT2D eigenvalue weighted by molar-refractivity contribution is 0.683. The summed E-state index contributed by atoms with van der Waals surface area (Å²) in [6, 6.07) is 10.5. The van der Waals surface area contributed by atoms with Gasteiger partial charge >= 0.3 is 0 Å². The molecule has 4 heteroatoms. The summed E-state index contributed by atoms with van der Waals surface area (Å²) in [6.07, 6.45) is 2.84. The highest BCUT2D eigenvalue weighted by Gasteiger charge is 2.06. The second kappa shape index (κ2) is 6.06. The van der Waals surface area contributed by atoms with Crippen LogP contribution in [0.4, 0.5) is 0 Å². The van der Waals surface area contributed by atoms with Crippen LogP contribution in [-0.2, 0) is 13.0 Å².